The highest BCUT2D eigenvalue weighted by Gasteiger charge is 2.37. The van der Waals surface area contributed by atoms with Crippen molar-refractivity contribution in [2.24, 2.45) is 11.3 Å². The number of amides is 1. The van der Waals surface area contributed by atoms with E-state index in [1.54, 1.807) is 0 Å². The fraction of sp³-hybridized carbons (Fsp3) is 0.611. The molecular formula is C18H27NO2. The van der Waals surface area contributed by atoms with Crippen LogP contribution in [-0.2, 0) is 4.79 Å². The van der Waals surface area contributed by atoms with E-state index in [2.05, 4.69) is 5.32 Å². The van der Waals surface area contributed by atoms with Crippen molar-refractivity contribution < 1.29 is 9.90 Å². The first-order chi connectivity index (χ1) is 10.0. The largest absolute Gasteiger partial charge is 0.387 e. The number of hydrogen-bond acceptors (Lipinski definition) is 2. The molecule has 0 saturated heterocycles. The summed E-state index contributed by atoms with van der Waals surface area (Å²) in [6.45, 7) is 4.35. The second-order valence-corrected chi connectivity index (χ2v) is 6.69. The third-order valence-corrected chi connectivity index (χ3v) is 4.85. The Labute approximate surface area is 127 Å². The van der Waals surface area contributed by atoms with Crippen LogP contribution in [0, 0.1) is 11.3 Å². The summed E-state index contributed by atoms with van der Waals surface area (Å²) in [5.74, 6) is 0.518. The van der Waals surface area contributed by atoms with Crippen molar-refractivity contribution in [2.45, 2.75) is 52.1 Å². The first-order valence-corrected chi connectivity index (χ1v) is 8.03. The summed E-state index contributed by atoms with van der Waals surface area (Å²) in [4.78, 5) is 12.5. The predicted octanol–water partition coefficient (Wildman–Crippen LogP) is 3.44. The van der Waals surface area contributed by atoms with Crippen LogP contribution >= 0.6 is 0 Å². The average Bonchev–Trinajstić information content (AvgIpc) is 2.53. The lowest BCUT2D eigenvalue weighted by Crippen LogP contribution is -2.43. The van der Waals surface area contributed by atoms with Gasteiger partial charge in [-0.1, -0.05) is 63.4 Å². The Hall–Kier alpha value is -1.35. The van der Waals surface area contributed by atoms with E-state index in [1.165, 1.54) is 19.3 Å². The molecule has 0 aromatic heterocycles. The lowest BCUT2D eigenvalue weighted by molar-refractivity contribution is -0.133. The van der Waals surface area contributed by atoms with Crippen molar-refractivity contribution in [3.05, 3.63) is 35.9 Å². The summed E-state index contributed by atoms with van der Waals surface area (Å²) in [7, 11) is 0. The highest BCUT2D eigenvalue weighted by atomic mass is 16.3. The van der Waals surface area contributed by atoms with Gasteiger partial charge in [-0.3, -0.25) is 4.79 Å². The molecule has 1 saturated carbocycles. The molecule has 1 aromatic carbocycles. The molecule has 0 radical (unpaired) electrons. The van der Waals surface area contributed by atoms with E-state index in [9.17, 15) is 9.90 Å². The van der Waals surface area contributed by atoms with Gasteiger partial charge in [0.05, 0.1) is 6.10 Å². The van der Waals surface area contributed by atoms with Crippen LogP contribution in [0.25, 0.3) is 0 Å². The van der Waals surface area contributed by atoms with Crippen LogP contribution in [0.2, 0.25) is 0 Å². The SMILES string of the molecule is CC(C)(C(=O)NCC(O)c1ccccc1)C1CCCCC1. The molecule has 3 heteroatoms. The van der Waals surface area contributed by atoms with E-state index in [0.717, 1.165) is 18.4 Å². The third-order valence-electron chi connectivity index (χ3n) is 4.85. The maximum atomic E-state index is 12.5. The van der Waals surface area contributed by atoms with E-state index in [0.29, 0.717) is 5.92 Å². The lowest BCUT2D eigenvalue weighted by Gasteiger charge is -2.35. The van der Waals surface area contributed by atoms with Gasteiger partial charge in [-0.25, -0.2) is 0 Å². The average molecular weight is 289 g/mol. The minimum Gasteiger partial charge on any atom is -0.387 e. The second kappa shape index (κ2) is 7.08. The van der Waals surface area contributed by atoms with Crippen LogP contribution in [0.3, 0.4) is 0 Å². The van der Waals surface area contributed by atoms with Gasteiger partial charge >= 0.3 is 0 Å². The number of carbonyl (C=O) groups excluding carboxylic acids is 1. The van der Waals surface area contributed by atoms with Gasteiger partial charge in [0, 0.05) is 12.0 Å². The molecule has 1 amide bonds. The van der Waals surface area contributed by atoms with Crippen molar-refractivity contribution in [3.8, 4) is 0 Å². The molecule has 1 aliphatic rings. The fourth-order valence-corrected chi connectivity index (χ4v) is 3.22. The first-order valence-electron chi connectivity index (χ1n) is 8.03. The van der Waals surface area contributed by atoms with Crippen LogP contribution in [0.4, 0.5) is 0 Å². The van der Waals surface area contributed by atoms with Crippen LogP contribution < -0.4 is 5.32 Å². The normalized spacial score (nSPS) is 18.2. The van der Waals surface area contributed by atoms with Crippen molar-refractivity contribution in [1.29, 1.82) is 0 Å². The van der Waals surface area contributed by atoms with Gasteiger partial charge in [-0.15, -0.1) is 0 Å². The summed E-state index contributed by atoms with van der Waals surface area (Å²) in [6, 6.07) is 9.46. The number of benzene rings is 1. The van der Waals surface area contributed by atoms with Crippen molar-refractivity contribution >= 4 is 5.91 Å². The van der Waals surface area contributed by atoms with E-state index < -0.39 is 6.10 Å². The van der Waals surface area contributed by atoms with E-state index in [4.69, 9.17) is 0 Å². The van der Waals surface area contributed by atoms with Crippen LogP contribution in [0.15, 0.2) is 30.3 Å². The summed E-state index contributed by atoms with van der Waals surface area (Å²) in [5.41, 5.74) is 0.491. The van der Waals surface area contributed by atoms with Gasteiger partial charge in [0.25, 0.3) is 0 Å². The number of aliphatic hydroxyl groups excluding tert-OH is 1. The predicted molar refractivity (Wildman–Crippen MR) is 84.8 cm³/mol. The van der Waals surface area contributed by atoms with Crippen LogP contribution in [-0.4, -0.2) is 17.6 Å². The molecule has 1 aromatic rings. The molecule has 1 fully saturated rings. The molecule has 116 valence electrons. The van der Waals surface area contributed by atoms with Crippen molar-refractivity contribution in [3.63, 3.8) is 0 Å². The number of rotatable bonds is 5. The maximum absolute atomic E-state index is 12.5. The summed E-state index contributed by atoms with van der Waals surface area (Å²) >= 11 is 0. The van der Waals surface area contributed by atoms with Gasteiger partial charge in [0.15, 0.2) is 0 Å². The zero-order valence-corrected chi connectivity index (χ0v) is 13.1. The van der Waals surface area contributed by atoms with Crippen LogP contribution in [0.5, 0.6) is 0 Å². The third kappa shape index (κ3) is 4.07. The topological polar surface area (TPSA) is 49.3 Å². The number of nitrogens with one attached hydrogen (secondary N) is 1. The molecule has 1 atom stereocenters. The quantitative estimate of drug-likeness (QED) is 0.872. The summed E-state index contributed by atoms with van der Waals surface area (Å²) < 4.78 is 0. The molecule has 21 heavy (non-hydrogen) atoms. The molecule has 2 rings (SSSR count). The lowest BCUT2D eigenvalue weighted by atomic mass is 9.70. The van der Waals surface area contributed by atoms with Crippen molar-refractivity contribution in [1.82, 2.24) is 5.32 Å². The Morgan fingerprint density at radius 2 is 1.86 bits per heavy atom. The monoisotopic (exact) mass is 289 g/mol. The van der Waals surface area contributed by atoms with E-state index >= 15 is 0 Å². The first kappa shape index (κ1) is 16.0. The fourth-order valence-electron chi connectivity index (χ4n) is 3.22. The molecule has 3 nitrogen and oxygen atoms in total. The molecular weight excluding hydrogens is 262 g/mol. The molecule has 2 N–H and O–H groups in total. The van der Waals surface area contributed by atoms with E-state index in [1.807, 2.05) is 44.2 Å². The smallest absolute Gasteiger partial charge is 0.226 e. The minimum atomic E-state index is -0.641. The zero-order valence-electron chi connectivity index (χ0n) is 13.1. The second-order valence-electron chi connectivity index (χ2n) is 6.69. The Kier molecular flexibility index (Phi) is 5.40. The van der Waals surface area contributed by atoms with Gasteiger partial charge in [0.1, 0.15) is 0 Å². The molecule has 0 aliphatic heterocycles. The highest BCUT2D eigenvalue weighted by molar-refractivity contribution is 5.82. The Morgan fingerprint density at radius 1 is 1.24 bits per heavy atom. The van der Waals surface area contributed by atoms with Gasteiger partial charge in [-0.05, 0) is 24.3 Å². The maximum Gasteiger partial charge on any atom is 0.226 e. The number of hydrogen-bond donors (Lipinski definition) is 2. The molecule has 1 unspecified atom stereocenters. The molecule has 1 aliphatic carbocycles. The summed E-state index contributed by atoms with van der Waals surface area (Å²) in [5, 5.41) is 13.1. The van der Waals surface area contributed by atoms with Gasteiger partial charge in [0.2, 0.25) is 5.91 Å². The summed E-state index contributed by atoms with van der Waals surface area (Å²) in [6.07, 6.45) is 5.39. The Balaban J connectivity index is 1.88. The molecule has 0 heterocycles. The Bertz CT molecular complexity index is 450. The minimum absolute atomic E-state index is 0.0596. The van der Waals surface area contributed by atoms with E-state index in [-0.39, 0.29) is 17.9 Å². The van der Waals surface area contributed by atoms with Crippen LogP contribution in [0.1, 0.15) is 57.6 Å². The standard InChI is InChI=1S/C18H27NO2/c1-18(2,15-11-7-4-8-12-15)17(21)19-13-16(20)14-9-5-3-6-10-14/h3,5-6,9-10,15-16,20H,4,7-8,11-13H2,1-2H3,(H,19,21). The van der Waals surface area contributed by atoms with Crippen molar-refractivity contribution in [2.75, 3.05) is 6.54 Å². The molecule has 0 bridgehead atoms. The number of aliphatic hydroxyl groups is 1. The Morgan fingerprint density at radius 3 is 2.48 bits per heavy atom. The highest BCUT2D eigenvalue weighted by Crippen LogP contribution is 2.38. The van der Waals surface area contributed by atoms with Gasteiger partial charge in [-0.2, -0.15) is 0 Å². The van der Waals surface area contributed by atoms with Gasteiger partial charge < -0.3 is 10.4 Å². The molecule has 0 spiro atoms. The zero-order chi connectivity index (χ0) is 15.3. The number of carbonyl (C=O) groups is 1.